The Hall–Kier alpha value is -2.64. The van der Waals surface area contributed by atoms with E-state index in [9.17, 15) is 4.79 Å². The first-order valence-electron chi connectivity index (χ1n) is 10.1. The van der Waals surface area contributed by atoms with Crippen molar-refractivity contribution in [2.45, 2.75) is 51.8 Å². The Balaban J connectivity index is 1.51. The molecule has 1 fully saturated rings. The Morgan fingerprint density at radius 2 is 2.20 bits per heavy atom. The van der Waals surface area contributed by atoms with Crippen LogP contribution in [0.15, 0.2) is 42.7 Å². The highest BCUT2D eigenvalue weighted by Gasteiger charge is 2.31. The van der Waals surface area contributed by atoms with Crippen LogP contribution in [-0.2, 0) is 11.3 Å². The highest BCUT2D eigenvalue weighted by molar-refractivity contribution is 6.30. The number of benzene rings is 1. The molecule has 0 spiro atoms. The van der Waals surface area contributed by atoms with E-state index >= 15 is 0 Å². The lowest BCUT2D eigenvalue weighted by Crippen LogP contribution is -2.36. The van der Waals surface area contributed by atoms with E-state index in [2.05, 4.69) is 29.4 Å². The summed E-state index contributed by atoms with van der Waals surface area (Å²) in [7, 11) is 0. The van der Waals surface area contributed by atoms with Crippen molar-refractivity contribution < 1.29 is 9.53 Å². The number of nitrogens with one attached hydrogen (secondary N) is 1. The van der Waals surface area contributed by atoms with Crippen LogP contribution >= 0.6 is 11.6 Å². The number of aryl methyl sites for hydroxylation is 1. The molecule has 0 saturated carbocycles. The van der Waals surface area contributed by atoms with Crippen molar-refractivity contribution in [3.8, 4) is 0 Å². The lowest BCUT2D eigenvalue weighted by Gasteiger charge is -2.36. The second kappa shape index (κ2) is 8.24. The van der Waals surface area contributed by atoms with Gasteiger partial charge in [0.2, 0.25) is 0 Å². The first-order valence-corrected chi connectivity index (χ1v) is 10.5. The Kier molecular flexibility index (Phi) is 5.66. The molecule has 1 saturated heterocycles. The topological polar surface area (TPSA) is 74.0 Å². The fourth-order valence-electron chi connectivity index (χ4n) is 3.91. The molecule has 1 aliphatic rings. The van der Waals surface area contributed by atoms with Crippen molar-refractivity contribution in [2.75, 3.05) is 11.9 Å². The summed E-state index contributed by atoms with van der Waals surface area (Å²) in [6, 6.07) is 9.61. The molecule has 1 N–H and O–H groups in total. The SMILES string of the molecule is Cc1cc(NC(=O)c2cccc(Cn3cc(Cl)cn3)c2)n(C2CCOC(C)(C)C2)n1. The summed E-state index contributed by atoms with van der Waals surface area (Å²) in [5.41, 5.74) is 2.23. The van der Waals surface area contributed by atoms with Gasteiger partial charge in [0.1, 0.15) is 5.82 Å². The molecule has 1 aromatic carbocycles. The van der Waals surface area contributed by atoms with Gasteiger partial charge in [-0.2, -0.15) is 10.2 Å². The molecule has 8 heteroatoms. The zero-order chi connectivity index (χ0) is 21.3. The van der Waals surface area contributed by atoms with Gasteiger partial charge in [0, 0.05) is 24.4 Å². The number of hydrogen-bond donors (Lipinski definition) is 1. The zero-order valence-corrected chi connectivity index (χ0v) is 18.2. The number of carbonyl (C=O) groups is 1. The Bertz CT molecular complexity index is 1060. The number of nitrogens with zero attached hydrogens (tertiary/aromatic N) is 4. The molecule has 4 rings (SSSR count). The third-order valence-electron chi connectivity index (χ3n) is 5.25. The normalized spacial score (nSPS) is 18.3. The Morgan fingerprint density at radius 1 is 1.37 bits per heavy atom. The van der Waals surface area contributed by atoms with Gasteiger partial charge in [-0.1, -0.05) is 23.7 Å². The molecule has 1 atom stereocenters. The van der Waals surface area contributed by atoms with Crippen molar-refractivity contribution in [3.63, 3.8) is 0 Å². The third-order valence-corrected chi connectivity index (χ3v) is 5.45. The lowest BCUT2D eigenvalue weighted by atomic mass is 9.94. The Labute approximate surface area is 181 Å². The van der Waals surface area contributed by atoms with Crippen molar-refractivity contribution in [3.05, 3.63) is 64.6 Å². The summed E-state index contributed by atoms with van der Waals surface area (Å²) in [6.07, 6.45) is 5.07. The van der Waals surface area contributed by atoms with Crippen LogP contribution in [-0.4, -0.2) is 37.7 Å². The first-order chi connectivity index (χ1) is 14.3. The summed E-state index contributed by atoms with van der Waals surface area (Å²) in [5, 5.41) is 12.5. The summed E-state index contributed by atoms with van der Waals surface area (Å²) in [5.74, 6) is 0.548. The number of aromatic nitrogens is 4. The van der Waals surface area contributed by atoms with Gasteiger partial charge in [0.15, 0.2) is 0 Å². The smallest absolute Gasteiger partial charge is 0.256 e. The molecule has 0 aliphatic carbocycles. The molecule has 158 valence electrons. The van der Waals surface area contributed by atoms with Crippen LogP contribution in [0.4, 0.5) is 5.82 Å². The maximum atomic E-state index is 13.0. The molecular weight excluding hydrogens is 402 g/mol. The summed E-state index contributed by atoms with van der Waals surface area (Å²) in [4.78, 5) is 13.0. The second-order valence-electron chi connectivity index (χ2n) is 8.38. The van der Waals surface area contributed by atoms with E-state index in [1.54, 1.807) is 23.1 Å². The molecule has 0 bridgehead atoms. The van der Waals surface area contributed by atoms with E-state index in [0.717, 1.165) is 24.1 Å². The van der Waals surface area contributed by atoms with Crippen LogP contribution in [0.1, 0.15) is 54.3 Å². The predicted molar refractivity (Wildman–Crippen MR) is 116 cm³/mol. The highest BCUT2D eigenvalue weighted by Crippen LogP contribution is 2.33. The van der Waals surface area contributed by atoms with Crippen LogP contribution in [0.25, 0.3) is 0 Å². The summed E-state index contributed by atoms with van der Waals surface area (Å²) in [6.45, 7) is 7.34. The molecule has 7 nitrogen and oxygen atoms in total. The average Bonchev–Trinajstić information content (AvgIpc) is 3.26. The van der Waals surface area contributed by atoms with E-state index < -0.39 is 0 Å². The highest BCUT2D eigenvalue weighted by atomic mass is 35.5. The van der Waals surface area contributed by atoms with E-state index in [-0.39, 0.29) is 17.6 Å². The number of carbonyl (C=O) groups excluding carboxylic acids is 1. The standard InChI is InChI=1S/C22H26ClN5O2/c1-15-9-20(28(26-15)19-7-8-30-22(2,3)11-19)25-21(29)17-6-4-5-16(10-17)13-27-14-18(23)12-24-27/h4-6,9-10,12,14,19H,7-8,11,13H2,1-3H3,(H,25,29). The largest absolute Gasteiger partial charge is 0.375 e. The van der Waals surface area contributed by atoms with Crippen LogP contribution in [0.2, 0.25) is 5.02 Å². The minimum atomic E-state index is -0.201. The molecule has 30 heavy (non-hydrogen) atoms. The second-order valence-corrected chi connectivity index (χ2v) is 8.82. The van der Waals surface area contributed by atoms with Gasteiger partial charge in [0.25, 0.3) is 5.91 Å². The molecule has 3 aromatic rings. The van der Waals surface area contributed by atoms with Crippen molar-refractivity contribution >= 4 is 23.3 Å². The van der Waals surface area contributed by atoms with Crippen LogP contribution in [0, 0.1) is 6.92 Å². The number of ether oxygens (including phenoxy) is 1. The monoisotopic (exact) mass is 427 g/mol. The minimum Gasteiger partial charge on any atom is -0.375 e. The third kappa shape index (κ3) is 4.74. The van der Waals surface area contributed by atoms with Crippen LogP contribution < -0.4 is 5.32 Å². The fourth-order valence-corrected chi connectivity index (χ4v) is 4.06. The number of amides is 1. The number of halogens is 1. The quantitative estimate of drug-likeness (QED) is 0.651. The molecule has 3 heterocycles. The van der Waals surface area contributed by atoms with Crippen molar-refractivity contribution in [1.82, 2.24) is 19.6 Å². The van der Waals surface area contributed by atoms with Gasteiger partial charge in [0.05, 0.1) is 35.1 Å². The molecule has 1 amide bonds. The van der Waals surface area contributed by atoms with Gasteiger partial charge >= 0.3 is 0 Å². The fraction of sp³-hybridized carbons (Fsp3) is 0.409. The maximum absolute atomic E-state index is 13.0. The van der Waals surface area contributed by atoms with E-state index in [1.807, 2.05) is 35.9 Å². The zero-order valence-electron chi connectivity index (χ0n) is 17.4. The van der Waals surface area contributed by atoms with Crippen molar-refractivity contribution in [1.29, 1.82) is 0 Å². The number of anilines is 1. The van der Waals surface area contributed by atoms with Gasteiger partial charge in [-0.05, 0) is 51.3 Å². The first kappa shape index (κ1) is 20.6. The maximum Gasteiger partial charge on any atom is 0.256 e. The minimum absolute atomic E-state index is 0.164. The molecule has 1 aliphatic heterocycles. The van der Waals surface area contributed by atoms with E-state index in [0.29, 0.717) is 29.6 Å². The average molecular weight is 428 g/mol. The van der Waals surface area contributed by atoms with Gasteiger partial charge in [-0.25, -0.2) is 4.68 Å². The molecule has 1 unspecified atom stereocenters. The van der Waals surface area contributed by atoms with Crippen molar-refractivity contribution in [2.24, 2.45) is 0 Å². The number of rotatable bonds is 5. The molecule has 2 aromatic heterocycles. The van der Waals surface area contributed by atoms with Gasteiger partial charge in [-0.15, -0.1) is 0 Å². The molecule has 0 radical (unpaired) electrons. The van der Waals surface area contributed by atoms with Gasteiger partial charge in [-0.3, -0.25) is 9.48 Å². The van der Waals surface area contributed by atoms with Gasteiger partial charge < -0.3 is 10.1 Å². The Morgan fingerprint density at radius 3 is 2.93 bits per heavy atom. The van der Waals surface area contributed by atoms with E-state index in [4.69, 9.17) is 16.3 Å². The van der Waals surface area contributed by atoms with E-state index in [1.165, 1.54) is 0 Å². The van der Waals surface area contributed by atoms with Crippen LogP contribution in [0.3, 0.4) is 0 Å². The predicted octanol–water partition coefficient (Wildman–Crippen LogP) is 4.47. The lowest BCUT2D eigenvalue weighted by molar-refractivity contribution is -0.0705. The number of hydrogen-bond acceptors (Lipinski definition) is 4. The summed E-state index contributed by atoms with van der Waals surface area (Å²) < 4.78 is 9.51. The summed E-state index contributed by atoms with van der Waals surface area (Å²) >= 11 is 5.93. The molecular formula is C22H26ClN5O2. The van der Waals surface area contributed by atoms with Crippen LogP contribution in [0.5, 0.6) is 0 Å².